The molecule has 7 heteroatoms. The molecule has 0 aliphatic heterocycles. The molecule has 23 heavy (non-hydrogen) atoms. The molecule has 3 N–H and O–H groups in total. The number of aromatic carboxylic acids is 1. The molecule has 1 amide bonds. The molecule has 1 aromatic rings. The van der Waals surface area contributed by atoms with Gasteiger partial charge in [-0.2, -0.15) is 0 Å². The fraction of sp³-hybridized carbons (Fsp3) is 0.625. The number of carboxylic acid groups (broad SMARTS) is 1. The van der Waals surface area contributed by atoms with Gasteiger partial charge in [0.1, 0.15) is 17.6 Å². The molecule has 1 aromatic heterocycles. The molecule has 128 valence electrons. The van der Waals surface area contributed by atoms with Crippen LogP contribution in [0.4, 0.5) is 4.79 Å². The highest BCUT2D eigenvalue weighted by Gasteiger charge is 2.30. The smallest absolute Gasteiger partial charge is 0.407 e. The van der Waals surface area contributed by atoms with Gasteiger partial charge in [0, 0.05) is 12.1 Å². The lowest BCUT2D eigenvalue weighted by Crippen LogP contribution is -2.47. The van der Waals surface area contributed by atoms with Crippen LogP contribution in [-0.4, -0.2) is 34.9 Å². The highest BCUT2D eigenvalue weighted by atomic mass is 16.6. The van der Waals surface area contributed by atoms with Crippen molar-refractivity contribution in [3.63, 3.8) is 0 Å². The molecule has 0 bridgehead atoms. The van der Waals surface area contributed by atoms with Crippen LogP contribution in [0.5, 0.6) is 0 Å². The van der Waals surface area contributed by atoms with Gasteiger partial charge in [0.05, 0.1) is 12.1 Å². The van der Waals surface area contributed by atoms with Gasteiger partial charge in [0.25, 0.3) is 0 Å². The first-order chi connectivity index (χ1) is 10.7. The number of hydrogen-bond donors (Lipinski definition) is 3. The topological polar surface area (TPSA) is 101 Å². The van der Waals surface area contributed by atoms with Crippen LogP contribution in [-0.2, 0) is 11.3 Å². The van der Waals surface area contributed by atoms with Crippen LogP contribution in [0.1, 0.15) is 56.2 Å². The lowest BCUT2D eigenvalue weighted by Gasteiger charge is -2.25. The molecule has 1 aliphatic carbocycles. The summed E-state index contributed by atoms with van der Waals surface area (Å²) in [5, 5.41) is 15.1. The zero-order valence-corrected chi connectivity index (χ0v) is 13.7. The zero-order valence-electron chi connectivity index (χ0n) is 13.7. The van der Waals surface area contributed by atoms with Crippen LogP contribution >= 0.6 is 0 Å². The second-order valence-corrected chi connectivity index (χ2v) is 6.78. The normalized spacial score (nSPS) is 21.2. The Balaban J connectivity index is 1.84. The minimum Gasteiger partial charge on any atom is -0.478 e. The molecule has 1 saturated carbocycles. The monoisotopic (exact) mass is 324 g/mol. The standard InChI is InChI=1S/C16H24N2O5/c1-16(2,3)23-15(21)18-13-6-4-5-12(13)17-8-11-7-10(9-22-11)14(19)20/h7,9,12-13,17H,4-6,8H2,1-3H3,(H,18,21)(H,19,20). The molecular formula is C16H24N2O5. The molecule has 1 aliphatic rings. The van der Waals surface area contributed by atoms with Gasteiger partial charge in [0.2, 0.25) is 0 Å². The highest BCUT2D eigenvalue weighted by molar-refractivity contribution is 5.87. The van der Waals surface area contributed by atoms with Gasteiger partial charge in [-0.3, -0.25) is 0 Å². The van der Waals surface area contributed by atoms with Crippen molar-refractivity contribution in [2.24, 2.45) is 0 Å². The fourth-order valence-electron chi connectivity index (χ4n) is 2.65. The van der Waals surface area contributed by atoms with Gasteiger partial charge in [-0.05, 0) is 46.1 Å². The average Bonchev–Trinajstić information content (AvgIpc) is 3.02. The number of carbonyl (C=O) groups is 2. The van der Waals surface area contributed by atoms with Crippen LogP contribution in [0.15, 0.2) is 16.7 Å². The lowest BCUT2D eigenvalue weighted by atomic mass is 10.1. The third-order valence-corrected chi connectivity index (χ3v) is 3.66. The van der Waals surface area contributed by atoms with Crippen LogP contribution in [0.2, 0.25) is 0 Å². The van der Waals surface area contributed by atoms with Crippen LogP contribution in [0, 0.1) is 0 Å². The van der Waals surface area contributed by atoms with Crippen LogP contribution in [0.3, 0.4) is 0 Å². The van der Waals surface area contributed by atoms with E-state index < -0.39 is 17.7 Å². The number of carbonyl (C=O) groups excluding carboxylic acids is 1. The van der Waals surface area contributed by atoms with Crippen LogP contribution < -0.4 is 10.6 Å². The number of alkyl carbamates (subject to hydrolysis) is 1. The minimum absolute atomic E-state index is 0.00115. The van der Waals surface area contributed by atoms with Gasteiger partial charge in [-0.15, -0.1) is 0 Å². The first-order valence-electron chi connectivity index (χ1n) is 7.78. The largest absolute Gasteiger partial charge is 0.478 e. The van der Waals surface area contributed by atoms with E-state index in [2.05, 4.69) is 10.6 Å². The van der Waals surface area contributed by atoms with E-state index in [4.69, 9.17) is 14.3 Å². The summed E-state index contributed by atoms with van der Waals surface area (Å²) in [4.78, 5) is 22.7. The van der Waals surface area contributed by atoms with Crippen molar-refractivity contribution in [2.45, 2.75) is 64.3 Å². The summed E-state index contributed by atoms with van der Waals surface area (Å²) in [6, 6.07) is 1.61. The number of carboxylic acids is 1. The van der Waals surface area contributed by atoms with E-state index >= 15 is 0 Å². The van der Waals surface area contributed by atoms with Crippen molar-refractivity contribution in [3.05, 3.63) is 23.7 Å². The van der Waals surface area contributed by atoms with Crippen molar-refractivity contribution in [1.82, 2.24) is 10.6 Å². The average molecular weight is 324 g/mol. The summed E-state index contributed by atoms with van der Waals surface area (Å²) in [6.07, 6.45) is 3.64. The maximum absolute atomic E-state index is 11.9. The van der Waals surface area contributed by atoms with Gasteiger partial charge >= 0.3 is 12.1 Å². The first kappa shape index (κ1) is 17.3. The highest BCUT2D eigenvalue weighted by Crippen LogP contribution is 2.20. The summed E-state index contributed by atoms with van der Waals surface area (Å²) in [6.45, 7) is 5.90. The third-order valence-electron chi connectivity index (χ3n) is 3.66. The number of ether oxygens (including phenoxy) is 1. The lowest BCUT2D eigenvalue weighted by molar-refractivity contribution is 0.0497. The number of amides is 1. The van der Waals surface area contributed by atoms with Crippen molar-refractivity contribution in [1.29, 1.82) is 0 Å². The Labute approximate surface area is 135 Å². The second-order valence-electron chi connectivity index (χ2n) is 6.78. The molecule has 1 heterocycles. The van der Waals surface area contributed by atoms with Crippen LogP contribution in [0.25, 0.3) is 0 Å². The number of rotatable bonds is 5. The Morgan fingerprint density at radius 2 is 2.04 bits per heavy atom. The van der Waals surface area contributed by atoms with Crippen molar-refractivity contribution >= 4 is 12.1 Å². The quantitative estimate of drug-likeness (QED) is 0.769. The SMILES string of the molecule is CC(C)(C)OC(=O)NC1CCCC1NCc1cc(C(=O)O)co1. The Hall–Kier alpha value is -2.02. The van der Waals surface area contributed by atoms with Crippen molar-refractivity contribution < 1.29 is 23.8 Å². The summed E-state index contributed by atoms with van der Waals surface area (Å²) in [7, 11) is 0. The Kier molecular flexibility index (Phi) is 5.30. The molecule has 0 saturated heterocycles. The van der Waals surface area contributed by atoms with Crippen molar-refractivity contribution in [3.8, 4) is 0 Å². The van der Waals surface area contributed by atoms with Gasteiger partial charge < -0.3 is 24.9 Å². The van der Waals surface area contributed by atoms with E-state index in [-0.39, 0.29) is 17.6 Å². The summed E-state index contributed by atoms with van der Waals surface area (Å²) in [5.41, 5.74) is -0.385. The summed E-state index contributed by atoms with van der Waals surface area (Å²) >= 11 is 0. The number of furan rings is 1. The fourth-order valence-corrected chi connectivity index (χ4v) is 2.65. The number of nitrogens with one attached hydrogen (secondary N) is 2. The molecular weight excluding hydrogens is 300 g/mol. The Bertz CT molecular complexity index is 561. The van der Waals surface area contributed by atoms with E-state index in [1.54, 1.807) is 0 Å². The molecule has 0 aromatic carbocycles. The van der Waals surface area contributed by atoms with Gasteiger partial charge in [-0.1, -0.05) is 0 Å². The molecule has 0 spiro atoms. The predicted molar refractivity (Wildman–Crippen MR) is 83.3 cm³/mol. The second kappa shape index (κ2) is 7.04. The summed E-state index contributed by atoms with van der Waals surface area (Å²) in [5.74, 6) is -0.448. The van der Waals surface area contributed by atoms with E-state index in [1.165, 1.54) is 12.3 Å². The van der Waals surface area contributed by atoms with Crippen molar-refractivity contribution in [2.75, 3.05) is 0 Å². The molecule has 2 unspecified atom stereocenters. The van der Waals surface area contributed by atoms with E-state index in [1.807, 2.05) is 20.8 Å². The molecule has 2 atom stereocenters. The third kappa shape index (κ3) is 5.28. The zero-order chi connectivity index (χ0) is 17.0. The maximum Gasteiger partial charge on any atom is 0.407 e. The van der Waals surface area contributed by atoms with E-state index in [0.29, 0.717) is 12.3 Å². The molecule has 0 radical (unpaired) electrons. The summed E-state index contributed by atoms with van der Waals surface area (Å²) < 4.78 is 10.5. The maximum atomic E-state index is 11.9. The molecule has 2 rings (SSSR count). The first-order valence-corrected chi connectivity index (χ1v) is 7.78. The van der Waals surface area contributed by atoms with E-state index in [9.17, 15) is 9.59 Å². The Morgan fingerprint density at radius 1 is 1.35 bits per heavy atom. The molecule has 7 nitrogen and oxygen atoms in total. The Morgan fingerprint density at radius 3 is 2.65 bits per heavy atom. The predicted octanol–water partition coefficient (Wildman–Crippen LogP) is 2.51. The number of hydrogen-bond acceptors (Lipinski definition) is 5. The minimum atomic E-state index is -1.01. The van der Waals surface area contributed by atoms with Gasteiger partial charge in [-0.25, -0.2) is 9.59 Å². The molecule has 1 fully saturated rings. The van der Waals surface area contributed by atoms with Gasteiger partial charge in [0.15, 0.2) is 0 Å². The van der Waals surface area contributed by atoms with E-state index in [0.717, 1.165) is 19.3 Å².